The lowest BCUT2D eigenvalue weighted by molar-refractivity contribution is 0.0817. The van der Waals surface area contributed by atoms with E-state index in [1.54, 1.807) is 0 Å². The molecule has 0 radical (unpaired) electrons. The van der Waals surface area contributed by atoms with Crippen LogP contribution in [0.2, 0.25) is 0 Å². The minimum atomic E-state index is -0.247. The number of hydrogen-bond acceptors (Lipinski definition) is 4. The highest BCUT2D eigenvalue weighted by Crippen LogP contribution is 2.47. The second-order valence-corrected chi connectivity index (χ2v) is 10.3. The standard InChI is InChI=1S/C26H34O4/c1-14-15(2)23-19(9-11-25(4,5)29-23)20(22(14)28)12-17-13-21(27)16(3)18-8-10-26(6,7)30-24(17)18/h13,27-28H,8-12H2,1-7H3. The van der Waals surface area contributed by atoms with E-state index in [9.17, 15) is 10.2 Å². The van der Waals surface area contributed by atoms with Gasteiger partial charge < -0.3 is 19.7 Å². The van der Waals surface area contributed by atoms with Crippen molar-refractivity contribution in [2.75, 3.05) is 0 Å². The van der Waals surface area contributed by atoms with Gasteiger partial charge >= 0.3 is 0 Å². The molecule has 2 N–H and O–H groups in total. The number of phenols is 2. The molecule has 0 amide bonds. The maximum atomic E-state index is 11.1. The van der Waals surface area contributed by atoms with Crippen molar-refractivity contribution in [2.45, 2.75) is 91.8 Å². The van der Waals surface area contributed by atoms with Crippen molar-refractivity contribution in [1.29, 1.82) is 0 Å². The van der Waals surface area contributed by atoms with Crippen molar-refractivity contribution in [3.63, 3.8) is 0 Å². The predicted molar refractivity (Wildman–Crippen MR) is 119 cm³/mol. The van der Waals surface area contributed by atoms with Gasteiger partial charge in [0, 0.05) is 28.7 Å². The van der Waals surface area contributed by atoms with Gasteiger partial charge in [0.25, 0.3) is 0 Å². The summed E-state index contributed by atoms with van der Waals surface area (Å²) < 4.78 is 12.8. The van der Waals surface area contributed by atoms with Gasteiger partial charge in [0.1, 0.15) is 34.2 Å². The fraction of sp³-hybridized carbons (Fsp3) is 0.538. The van der Waals surface area contributed by atoms with Gasteiger partial charge in [-0.1, -0.05) is 0 Å². The number of benzene rings is 2. The van der Waals surface area contributed by atoms with Gasteiger partial charge in [0.15, 0.2) is 0 Å². The molecule has 4 nitrogen and oxygen atoms in total. The van der Waals surface area contributed by atoms with Crippen LogP contribution < -0.4 is 9.47 Å². The monoisotopic (exact) mass is 410 g/mol. The molecule has 2 aromatic rings. The quantitative estimate of drug-likeness (QED) is 0.655. The molecule has 0 saturated carbocycles. The average molecular weight is 411 g/mol. The van der Waals surface area contributed by atoms with Gasteiger partial charge in [-0.15, -0.1) is 0 Å². The molecule has 162 valence electrons. The number of rotatable bonds is 2. The molecule has 0 aromatic heterocycles. The summed E-state index contributed by atoms with van der Waals surface area (Å²) in [5.41, 5.74) is 6.26. The van der Waals surface area contributed by atoms with Crippen molar-refractivity contribution in [3.8, 4) is 23.0 Å². The average Bonchev–Trinajstić information content (AvgIpc) is 2.66. The van der Waals surface area contributed by atoms with Gasteiger partial charge in [0.2, 0.25) is 0 Å². The predicted octanol–water partition coefficient (Wildman–Crippen LogP) is 5.82. The van der Waals surface area contributed by atoms with Crippen molar-refractivity contribution in [2.24, 2.45) is 0 Å². The van der Waals surface area contributed by atoms with Gasteiger partial charge in [-0.05, 0) is 96.9 Å². The Balaban J connectivity index is 1.87. The first kappa shape index (κ1) is 20.9. The molecule has 30 heavy (non-hydrogen) atoms. The molecule has 0 aliphatic carbocycles. The molecule has 0 unspecified atom stereocenters. The van der Waals surface area contributed by atoms with Crippen LogP contribution in [0.25, 0.3) is 0 Å². The Morgan fingerprint density at radius 1 is 0.800 bits per heavy atom. The van der Waals surface area contributed by atoms with E-state index in [2.05, 4.69) is 27.7 Å². The lowest BCUT2D eigenvalue weighted by Crippen LogP contribution is -2.34. The summed E-state index contributed by atoms with van der Waals surface area (Å²) >= 11 is 0. The number of phenolic OH excluding ortho intramolecular Hbond substituents is 2. The highest BCUT2D eigenvalue weighted by Gasteiger charge is 2.34. The lowest BCUT2D eigenvalue weighted by atomic mass is 9.84. The van der Waals surface area contributed by atoms with E-state index in [4.69, 9.17) is 9.47 Å². The van der Waals surface area contributed by atoms with Crippen LogP contribution in [0.3, 0.4) is 0 Å². The van der Waals surface area contributed by atoms with Crippen molar-refractivity contribution < 1.29 is 19.7 Å². The van der Waals surface area contributed by atoms with Crippen molar-refractivity contribution >= 4 is 0 Å². The second-order valence-electron chi connectivity index (χ2n) is 10.3. The fourth-order valence-electron chi connectivity index (χ4n) is 4.79. The van der Waals surface area contributed by atoms with E-state index in [1.807, 2.05) is 26.8 Å². The van der Waals surface area contributed by atoms with Gasteiger partial charge in [-0.2, -0.15) is 0 Å². The van der Waals surface area contributed by atoms with Gasteiger partial charge in [-0.25, -0.2) is 0 Å². The highest BCUT2D eigenvalue weighted by atomic mass is 16.5. The van der Waals surface area contributed by atoms with E-state index in [1.165, 1.54) is 0 Å². The third kappa shape index (κ3) is 3.40. The van der Waals surface area contributed by atoms with E-state index >= 15 is 0 Å². The first-order valence-corrected chi connectivity index (χ1v) is 11.0. The summed E-state index contributed by atoms with van der Waals surface area (Å²) in [6.45, 7) is 14.3. The lowest BCUT2D eigenvalue weighted by Gasteiger charge is -2.37. The van der Waals surface area contributed by atoms with Crippen LogP contribution in [-0.4, -0.2) is 21.4 Å². The fourth-order valence-corrected chi connectivity index (χ4v) is 4.79. The Morgan fingerprint density at radius 2 is 1.37 bits per heavy atom. The van der Waals surface area contributed by atoms with E-state index < -0.39 is 0 Å². The zero-order chi connectivity index (χ0) is 22.0. The summed E-state index contributed by atoms with van der Waals surface area (Å²) in [5.74, 6) is 2.40. The van der Waals surface area contributed by atoms with Gasteiger partial charge in [0.05, 0.1) is 0 Å². The second kappa shape index (κ2) is 6.83. The normalized spacial score (nSPS) is 18.8. The molecule has 2 aromatic carbocycles. The van der Waals surface area contributed by atoms with Crippen LogP contribution in [-0.2, 0) is 19.3 Å². The largest absolute Gasteiger partial charge is 0.508 e. The topological polar surface area (TPSA) is 58.9 Å². The molecule has 0 spiro atoms. The van der Waals surface area contributed by atoms with Crippen LogP contribution in [0.5, 0.6) is 23.0 Å². The minimum Gasteiger partial charge on any atom is -0.508 e. The minimum absolute atomic E-state index is 0.215. The molecule has 0 atom stereocenters. The molecule has 0 bridgehead atoms. The van der Waals surface area contributed by atoms with Crippen molar-refractivity contribution in [3.05, 3.63) is 45.0 Å². The number of hydrogen-bond donors (Lipinski definition) is 2. The number of ether oxygens (including phenoxy) is 2. The van der Waals surface area contributed by atoms with Gasteiger partial charge in [-0.3, -0.25) is 0 Å². The maximum absolute atomic E-state index is 11.1. The first-order valence-electron chi connectivity index (χ1n) is 11.0. The first-order chi connectivity index (χ1) is 13.9. The van der Waals surface area contributed by atoms with E-state index in [0.717, 1.165) is 76.1 Å². The van der Waals surface area contributed by atoms with Crippen LogP contribution >= 0.6 is 0 Å². The molecule has 2 heterocycles. The third-order valence-electron chi connectivity index (χ3n) is 6.97. The summed E-state index contributed by atoms with van der Waals surface area (Å²) in [6.07, 6.45) is 4.06. The maximum Gasteiger partial charge on any atom is 0.127 e. The number of fused-ring (bicyclic) bond motifs is 2. The Hall–Kier alpha value is -2.36. The zero-order valence-electron chi connectivity index (χ0n) is 19.3. The molecule has 2 aliphatic rings. The Labute approximate surface area is 179 Å². The van der Waals surface area contributed by atoms with Crippen LogP contribution in [0.4, 0.5) is 0 Å². The van der Waals surface area contributed by atoms with Crippen LogP contribution in [0.15, 0.2) is 6.07 Å². The van der Waals surface area contributed by atoms with E-state index in [0.29, 0.717) is 17.9 Å². The van der Waals surface area contributed by atoms with Crippen molar-refractivity contribution in [1.82, 2.24) is 0 Å². The molecule has 4 heteroatoms. The summed E-state index contributed by atoms with van der Waals surface area (Å²) in [5, 5.41) is 21.7. The molecular weight excluding hydrogens is 376 g/mol. The number of aromatic hydroxyl groups is 2. The third-order valence-corrected chi connectivity index (χ3v) is 6.97. The summed E-state index contributed by atoms with van der Waals surface area (Å²) in [7, 11) is 0. The highest BCUT2D eigenvalue weighted by molar-refractivity contribution is 5.62. The zero-order valence-corrected chi connectivity index (χ0v) is 19.3. The Bertz CT molecular complexity index is 1030. The SMILES string of the molecule is Cc1c(C)c2c(c(Cc3cc(O)c(C)c4c3OC(C)(C)CC4)c1O)CCC(C)(C)O2. The molecule has 0 saturated heterocycles. The van der Waals surface area contributed by atoms with Crippen LogP contribution in [0, 0.1) is 20.8 Å². The summed E-state index contributed by atoms with van der Waals surface area (Å²) in [6, 6.07) is 1.81. The summed E-state index contributed by atoms with van der Waals surface area (Å²) in [4.78, 5) is 0. The molecule has 0 fully saturated rings. The Kier molecular flexibility index (Phi) is 4.76. The molecule has 2 aliphatic heterocycles. The Morgan fingerprint density at radius 3 is 2.00 bits per heavy atom. The molecular formula is C26H34O4. The smallest absolute Gasteiger partial charge is 0.127 e. The molecule has 4 rings (SSSR count). The van der Waals surface area contributed by atoms with E-state index in [-0.39, 0.29) is 11.2 Å². The van der Waals surface area contributed by atoms with Crippen LogP contribution in [0.1, 0.15) is 79.5 Å².